The van der Waals surface area contributed by atoms with Gasteiger partial charge in [0.25, 0.3) is 0 Å². The molecule has 0 atom stereocenters. The molecule has 3 heteroatoms. The molecule has 0 bridgehead atoms. The van der Waals surface area contributed by atoms with Gasteiger partial charge in [-0.05, 0) is 144 Å². The summed E-state index contributed by atoms with van der Waals surface area (Å²) in [7, 11) is 0.869. The van der Waals surface area contributed by atoms with Crippen molar-refractivity contribution >= 4 is 51.4 Å². The van der Waals surface area contributed by atoms with Crippen LogP contribution in [-0.2, 0) is 27.1 Å². The highest BCUT2D eigenvalue weighted by Crippen LogP contribution is 2.54. The predicted molar refractivity (Wildman–Crippen MR) is 271 cm³/mol. The summed E-state index contributed by atoms with van der Waals surface area (Å²) in [5, 5.41) is 6.72. The first kappa shape index (κ1) is 38.8. The molecule has 1 aromatic heterocycles. The van der Waals surface area contributed by atoms with Gasteiger partial charge in [0.2, 0.25) is 0 Å². The zero-order valence-corrected chi connectivity index (χ0v) is 39.1. The molecule has 2 heterocycles. The molecule has 3 aliphatic carbocycles. The number of aromatic nitrogens is 1. The number of benzene rings is 7. The molecule has 7 aromatic carbocycles. The summed E-state index contributed by atoms with van der Waals surface area (Å²) in [5.74, 6) is 0. The fourth-order valence-corrected chi connectivity index (χ4v) is 12.5. The van der Waals surface area contributed by atoms with Crippen LogP contribution in [0.15, 0.2) is 121 Å². The van der Waals surface area contributed by atoms with E-state index in [0.29, 0.717) is 0 Å². The molecule has 2 nitrogen and oxygen atoms in total. The van der Waals surface area contributed by atoms with E-state index in [0.717, 1.165) is 13.0 Å². The van der Waals surface area contributed by atoms with Crippen LogP contribution < -0.4 is 16.2 Å². The Balaban J connectivity index is 1.16. The largest absolute Gasteiger partial charge is 0.355 e. The average Bonchev–Trinajstić information content (AvgIpc) is 3.78. The molecule has 1 aliphatic heterocycles. The maximum atomic E-state index is 4.04. The third-order valence-electron chi connectivity index (χ3n) is 16.4. The average molecular weight is 819 g/mol. The quantitative estimate of drug-likeness (QED) is 0.176. The second-order valence-corrected chi connectivity index (χ2v) is 22.9. The van der Waals surface area contributed by atoms with Crippen molar-refractivity contribution < 1.29 is 0 Å². The zero-order valence-electron chi connectivity index (χ0n) is 39.1. The van der Waals surface area contributed by atoms with Gasteiger partial charge in [0.15, 0.2) is 7.28 Å². The fraction of sp³-hybridized carbons (Fsp3) is 0.300. The van der Waals surface area contributed by atoms with E-state index in [-0.39, 0.29) is 27.1 Å². The van der Waals surface area contributed by atoms with Crippen molar-refractivity contribution in [2.24, 2.45) is 0 Å². The Labute approximate surface area is 375 Å². The molecule has 8 aromatic rings. The van der Waals surface area contributed by atoms with Crippen molar-refractivity contribution in [1.82, 2.24) is 4.57 Å². The van der Waals surface area contributed by atoms with Crippen LogP contribution in [0.2, 0.25) is 0 Å². The molecule has 0 saturated heterocycles. The highest BCUT2D eigenvalue weighted by molar-refractivity contribution is 6.73. The highest BCUT2D eigenvalue weighted by atomic mass is 15.0. The number of rotatable bonds is 3. The number of anilines is 2. The molecule has 12 rings (SSSR count). The van der Waals surface area contributed by atoms with Crippen molar-refractivity contribution in [3.8, 4) is 39.1 Å². The summed E-state index contributed by atoms with van der Waals surface area (Å²) in [6.07, 6.45) is 2.35. The van der Waals surface area contributed by atoms with Gasteiger partial charge in [-0.2, -0.15) is 0 Å². The molecule has 0 fully saturated rings. The minimum absolute atomic E-state index is 0.0692. The van der Waals surface area contributed by atoms with E-state index >= 15 is 0 Å². The summed E-state index contributed by atoms with van der Waals surface area (Å²) in [6, 6.07) is 47.6. The van der Waals surface area contributed by atoms with Crippen molar-refractivity contribution in [3.63, 3.8) is 0 Å². The summed E-state index contributed by atoms with van der Waals surface area (Å²) in [4.78, 5) is 0. The first-order valence-corrected chi connectivity index (χ1v) is 23.4. The number of nitrogens with one attached hydrogen (secondary N) is 1. The van der Waals surface area contributed by atoms with Gasteiger partial charge in [0.05, 0.1) is 5.52 Å². The topological polar surface area (TPSA) is 17.0 Å². The van der Waals surface area contributed by atoms with Crippen LogP contribution in [0, 0.1) is 0 Å². The number of nitrogens with zero attached hydrogens (tertiary/aromatic N) is 1. The minimum Gasteiger partial charge on any atom is -0.355 e. The molecule has 1 N–H and O–H groups in total. The Bertz CT molecular complexity index is 3310. The molecular formula is C60H59BN2. The zero-order chi connectivity index (χ0) is 43.7. The number of hydrogen-bond acceptors (Lipinski definition) is 1. The molecule has 312 valence electrons. The Morgan fingerprint density at radius 1 is 0.508 bits per heavy atom. The second kappa shape index (κ2) is 12.5. The van der Waals surface area contributed by atoms with Gasteiger partial charge in [-0.25, -0.2) is 0 Å². The summed E-state index contributed by atoms with van der Waals surface area (Å²) in [5.41, 5.74) is 27.3. The monoisotopic (exact) mass is 818 g/mol. The molecule has 63 heavy (non-hydrogen) atoms. The van der Waals surface area contributed by atoms with Crippen LogP contribution in [0.4, 0.5) is 11.4 Å². The molecule has 0 unspecified atom stereocenters. The van der Waals surface area contributed by atoms with Crippen molar-refractivity contribution in [2.75, 3.05) is 5.32 Å². The van der Waals surface area contributed by atoms with Gasteiger partial charge in [-0.1, -0.05) is 160 Å². The lowest BCUT2D eigenvalue weighted by Crippen LogP contribution is -2.38. The van der Waals surface area contributed by atoms with Crippen LogP contribution >= 0.6 is 0 Å². The Hall–Kier alpha value is -5.80. The van der Waals surface area contributed by atoms with Crippen LogP contribution in [0.5, 0.6) is 0 Å². The first-order valence-electron chi connectivity index (χ1n) is 23.4. The Morgan fingerprint density at radius 3 is 1.73 bits per heavy atom. The maximum absolute atomic E-state index is 4.04. The van der Waals surface area contributed by atoms with Gasteiger partial charge < -0.3 is 9.88 Å². The van der Waals surface area contributed by atoms with E-state index in [1.807, 2.05) is 0 Å². The summed E-state index contributed by atoms with van der Waals surface area (Å²) in [6.45, 7) is 26.4. The lowest BCUT2D eigenvalue weighted by Gasteiger charge is -2.42. The second-order valence-electron chi connectivity index (χ2n) is 22.9. The summed E-state index contributed by atoms with van der Waals surface area (Å²) < 4.78 is 2.69. The van der Waals surface area contributed by atoms with E-state index < -0.39 is 0 Å². The van der Waals surface area contributed by atoms with E-state index in [2.05, 4.69) is 207 Å². The van der Waals surface area contributed by atoms with Crippen LogP contribution in [0.1, 0.15) is 128 Å². The lowest BCUT2D eigenvalue weighted by molar-refractivity contribution is 0.332. The molecular weight excluding hydrogens is 759 g/mol. The molecule has 0 saturated carbocycles. The van der Waals surface area contributed by atoms with E-state index in [1.54, 1.807) is 0 Å². The van der Waals surface area contributed by atoms with Crippen molar-refractivity contribution in [2.45, 2.75) is 116 Å². The normalized spacial score (nSPS) is 17.6. The SMILES string of the molecule is CC(C)(C)c1ccc(Nc2cc3c(cc2-c2ccc4c5cc6c(cc5n5c4c2Bc2cc4c(cc2-5)C(C)(C)c2ccccc2-4)C(C)(C)c2ccccc2-6)C(C)(C)CCC3(C)C)cc1. The minimum atomic E-state index is -0.0979. The van der Waals surface area contributed by atoms with Crippen molar-refractivity contribution in [3.05, 3.63) is 160 Å². The smallest absolute Gasteiger partial charge is 0.198 e. The first-order chi connectivity index (χ1) is 29.8. The third kappa shape index (κ3) is 5.32. The molecule has 0 spiro atoms. The maximum Gasteiger partial charge on any atom is 0.198 e. The molecule has 0 radical (unpaired) electrons. The Kier molecular flexibility index (Phi) is 7.69. The van der Waals surface area contributed by atoms with Gasteiger partial charge >= 0.3 is 0 Å². The van der Waals surface area contributed by atoms with Crippen molar-refractivity contribution in [1.29, 1.82) is 0 Å². The summed E-state index contributed by atoms with van der Waals surface area (Å²) >= 11 is 0. The number of hydrogen-bond donors (Lipinski definition) is 1. The van der Waals surface area contributed by atoms with E-state index in [1.165, 1.54) is 129 Å². The molecule has 0 amide bonds. The standard InChI is InChI=1S/C60H59BN2/c1-56(2,3)34-20-22-35(23-21-34)62-51-31-49-48(57(4,5)26-27-58(49,6)7)29-42(51)38-24-25-39-43-28-40-36-16-12-14-18-44(36)59(8,9)46(40)32-52(43)63-53-33-47-41(30-50(53)61-54(38)55(39)63)37-17-13-15-19-45(37)60(47,10)11/h12-25,28-33,61-62H,26-27H2,1-11H3. The van der Waals surface area contributed by atoms with Gasteiger partial charge in [0, 0.05) is 49.7 Å². The van der Waals surface area contributed by atoms with E-state index in [4.69, 9.17) is 0 Å². The van der Waals surface area contributed by atoms with Crippen LogP contribution in [-0.4, -0.2) is 11.8 Å². The van der Waals surface area contributed by atoms with E-state index in [9.17, 15) is 0 Å². The molecule has 4 aliphatic rings. The van der Waals surface area contributed by atoms with Crippen LogP contribution in [0.3, 0.4) is 0 Å². The van der Waals surface area contributed by atoms with Gasteiger partial charge in [0.1, 0.15) is 0 Å². The highest BCUT2D eigenvalue weighted by Gasteiger charge is 2.41. The van der Waals surface area contributed by atoms with Gasteiger partial charge in [-0.15, -0.1) is 0 Å². The third-order valence-corrected chi connectivity index (χ3v) is 16.4. The van der Waals surface area contributed by atoms with Crippen LogP contribution in [0.25, 0.3) is 60.9 Å². The number of fused-ring (bicyclic) bond motifs is 12. The van der Waals surface area contributed by atoms with Gasteiger partial charge in [-0.3, -0.25) is 0 Å². The fourth-order valence-electron chi connectivity index (χ4n) is 12.5. The predicted octanol–water partition coefficient (Wildman–Crippen LogP) is 14.2. The Morgan fingerprint density at radius 2 is 1.10 bits per heavy atom. The lowest BCUT2D eigenvalue weighted by atomic mass is 9.58.